The lowest BCUT2D eigenvalue weighted by Gasteiger charge is -2.15. The number of halogens is 2. The molecule has 0 saturated carbocycles. The van der Waals surface area contributed by atoms with Gasteiger partial charge in [-0.1, -0.05) is 23.2 Å². The predicted molar refractivity (Wildman–Crippen MR) is 87.8 cm³/mol. The summed E-state index contributed by atoms with van der Waals surface area (Å²) in [6, 6.07) is 7.96. The van der Waals surface area contributed by atoms with E-state index >= 15 is 0 Å². The number of hydrogen-bond acceptors (Lipinski definition) is 4. The molecule has 126 valence electrons. The van der Waals surface area contributed by atoms with E-state index < -0.39 is 23.8 Å². The van der Waals surface area contributed by atoms with Gasteiger partial charge in [0.1, 0.15) is 17.1 Å². The van der Waals surface area contributed by atoms with Crippen LogP contribution in [0.2, 0.25) is 5.02 Å². The minimum absolute atomic E-state index is 0.0261. The van der Waals surface area contributed by atoms with Gasteiger partial charge in [-0.05, 0) is 44.2 Å². The van der Waals surface area contributed by atoms with Crippen molar-refractivity contribution >= 4 is 29.2 Å². The van der Waals surface area contributed by atoms with E-state index in [4.69, 9.17) is 16.3 Å². The zero-order chi connectivity index (χ0) is 17.9. The topological polar surface area (TPSA) is 75.6 Å². The van der Waals surface area contributed by atoms with Crippen molar-refractivity contribution < 1.29 is 23.8 Å². The highest BCUT2D eigenvalue weighted by Gasteiger charge is 2.21. The summed E-state index contributed by atoms with van der Waals surface area (Å²) in [4.78, 5) is 24.1. The fraction of sp³-hybridized carbons (Fsp3) is 0.176. The van der Waals surface area contributed by atoms with Gasteiger partial charge < -0.3 is 15.2 Å². The second-order valence-corrected chi connectivity index (χ2v) is 5.59. The molecule has 5 nitrogen and oxygen atoms in total. The summed E-state index contributed by atoms with van der Waals surface area (Å²) in [6.07, 6.45) is -1.14. The number of nitrogens with one attached hydrogen (secondary N) is 1. The third kappa shape index (κ3) is 4.23. The van der Waals surface area contributed by atoms with Crippen LogP contribution >= 0.6 is 11.6 Å². The number of aromatic hydroxyl groups is 1. The van der Waals surface area contributed by atoms with E-state index in [1.165, 1.54) is 25.1 Å². The Morgan fingerprint density at radius 1 is 1.25 bits per heavy atom. The standard InChI is InChI=1S/C17H15ClFNO4/c1-9-3-6-15(21)12(7-9)17(23)24-10(2)16(22)20-14-5-4-11(19)8-13(14)18/h3-8,10,21H,1-2H3,(H,20,22)/t10-/m1/s1. The molecule has 2 rings (SSSR count). The molecule has 1 amide bonds. The predicted octanol–water partition coefficient (Wildman–Crippen LogP) is 3.68. The average molecular weight is 352 g/mol. The maximum atomic E-state index is 13.0. The second kappa shape index (κ2) is 7.31. The summed E-state index contributed by atoms with van der Waals surface area (Å²) in [6.45, 7) is 3.13. The number of phenolic OH excluding ortho intramolecular Hbond substituents is 1. The smallest absolute Gasteiger partial charge is 0.342 e. The maximum Gasteiger partial charge on any atom is 0.342 e. The van der Waals surface area contributed by atoms with Crippen LogP contribution in [0.3, 0.4) is 0 Å². The summed E-state index contributed by atoms with van der Waals surface area (Å²) in [5.41, 5.74) is 0.925. The normalized spacial score (nSPS) is 11.7. The highest BCUT2D eigenvalue weighted by atomic mass is 35.5. The van der Waals surface area contributed by atoms with Crippen molar-refractivity contribution in [2.45, 2.75) is 20.0 Å². The third-order valence-corrected chi connectivity index (χ3v) is 3.53. The molecule has 0 spiro atoms. The monoisotopic (exact) mass is 351 g/mol. The molecule has 2 N–H and O–H groups in total. The van der Waals surface area contributed by atoms with E-state index in [0.29, 0.717) is 0 Å². The Bertz CT molecular complexity index is 794. The number of rotatable bonds is 4. The molecular formula is C17H15ClFNO4. The SMILES string of the molecule is Cc1ccc(O)c(C(=O)O[C@H](C)C(=O)Nc2ccc(F)cc2Cl)c1. The fourth-order valence-corrected chi connectivity index (χ4v) is 2.13. The van der Waals surface area contributed by atoms with Crippen LogP contribution in [0.15, 0.2) is 36.4 Å². The number of carbonyl (C=O) groups excluding carboxylic acids is 2. The van der Waals surface area contributed by atoms with E-state index in [2.05, 4.69) is 5.32 Å². The van der Waals surface area contributed by atoms with E-state index in [9.17, 15) is 19.1 Å². The lowest BCUT2D eigenvalue weighted by Crippen LogP contribution is -2.30. The molecule has 0 fully saturated rings. The molecule has 24 heavy (non-hydrogen) atoms. The van der Waals surface area contributed by atoms with Crippen LogP contribution in [-0.4, -0.2) is 23.1 Å². The number of esters is 1. The summed E-state index contributed by atoms with van der Waals surface area (Å²) in [5, 5.41) is 12.2. The number of benzene rings is 2. The largest absolute Gasteiger partial charge is 0.507 e. The van der Waals surface area contributed by atoms with E-state index in [1.54, 1.807) is 13.0 Å². The van der Waals surface area contributed by atoms with Gasteiger partial charge in [0.25, 0.3) is 5.91 Å². The molecule has 0 aromatic heterocycles. The van der Waals surface area contributed by atoms with Crippen LogP contribution in [-0.2, 0) is 9.53 Å². The Labute approximate surface area is 143 Å². The van der Waals surface area contributed by atoms with Gasteiger partial charge in [-0.15, -0.1) is 0 Å². The van der Waals surface area contributed by atoms with Gasteiger partial charge in [-0.2, -0.15) is 0 Å². The number of hydrogen-bond donors (Lipinski definition) is 2. The average Bonchev–Trinajstić information content (AvgIpc) is 2.52. The van der Waals surface area contributed by atoms with Crippen molar-refractivity contribution in [3.05, 3.63) is 58.4 Å². The highest BCUT2D eigenvalue weighted by molar-refractivity contribution is 6.33. The molecule has 0 bridgehead atoms. The Kier molecular flexibility index (Phi) is 5.41. The number of carbonyl (C=O) groups is 2. The van der Waals surface area contributed by atoms with Gasteiger partial charge in [0, 0.05) is 0 Å². The fourth-order valence-electron chi connectivity index (χ4n) is 1.92. The Balaban J connectivity index is 2.05. The van der Waals surface area contributed by atoms with Crippen molar-refractivity contribution in [2.75, 3.05) is 5.32 Å². The molecule has 2 aromatic carbocycles. The second-order valence-electron chi connectivity index (χ2n) is 5.18. The first-order valence-corrected chi connectivity index (χ1v) is 7.42. The summed E-state index contributed by atoms with van der Waals surface area (Å²) < 4.78 is 18.0. The highest BCUT2D eigenvalue weighted by Crippen LogP contribution is 2.23. The van der Waals surface area contributed by atoms with Gasteiger partial charge in [0.15, 0.2) is 6.10 Å². The van der Waals surface area contributed by atoms with Gasteiger partial charge in [0.2, 0.25) is 0 Å². The van der Waals surface area contributed by atoms with Crippen molar-refractivity contribution in [2.24, 2.45) is 0 Å². The molecule has 1 atom stereocenters. The minimum Gasteiger partial charge on any atom is -0.507 e. The molecular weight excluding hydrogens is 337 g/mol. The number of amides is 1. The lowest BCUT2D eigenvalue weighted by atomic mass is 10.1. The molecule has 2 aromatic rings. The molecule has 0 radical (unpaired) electrons. The quantitative estimate of drug-likeness (QED) is 0.824. The zero-order valence-electron chi connectivity index (χ0n) is 13.0. The van der Waals surface area contributed by atoms with E-state index in [0.717, 1.165) is 17.7 Å². The summed E-state index contributed by atoms with van der Waals surface area (Å²) >= 11 is 5.82. The van der Waals surface area contributed by atoms with Crippen LogP contribution in [0, 0.1) is 12.7 Å². The number of anilines is 1. The first-order chi connectivity index (χ1) is 11.3. The molecule has 0 unspecified atom stereocenters. The molecule has 0 heterocycles. The maximum absolute atomic E-state index is 13.0. The van der Waals surface area contributed by atoms with E-state index in [-0.39, 0.29) is 22.0 Å². The molecule has 0 aliphatic heterocycles. The van der Waals surface area contributed by atoms with Crippen LogP contribution < -0.4 is 5.32 Å². The first kappa shape index (κ1) is 17.7. The van der Waals surface area contributed by atoms with Crippen molar-refractivity contribution in [3.8, 4) is 5.75 Å². The number of phenols is 1. The Morgan fingerprint density at radius 3 is 2.62 bits per heavy atom. The van der Waals surface area contributed by atoms with Crippen LogP contribution in [0.25, 0.3) is 0 Å². The first-order valence-electron chi connectivity index (χ1n) is 7.04. The molecule has 0 saturated heterocycles. The van der Waals surface area contributed by atoms with Crippen molar-refractivity contribution in [3.63, 3.8) is 0 Å². The third-order valence-electron chi connectivity index (χ3n) is 3.21. The van der Waals surface area contributed by atoms with Crippen LogP contribution in [0.4, 0.5) is 10.1 Å². The van der Waals surface area contributed by atoms with Crippen LogP contribution in [0.5, 0.6) is 5.75 Å². The van der Waals surface area contributed by atoms with Gasteiger partial charge in [0.05, 0.1) is 10.7 Å². The van der Waals surface area contributed by atoms with Gasteiger partial charge in [-0.25, -0.2) is 9.18 Å². The zero-order valence-corrected chi connectivity index (χ0v) is 13.7. The number of aryl methyl sites for hydroxylation is 1. The lowest BCUT2D eigenvalue weighted by molar-refractivity contribution is -0.123. The molecule has 0 aliphatic carbocycles. The minimum atomic E-state index is -1.14. The summed E-state index contributed by atoms with van der Waals surface area (Å²) in [5.74, 6) is -2.24. The van der Waals surface area contributed by atoms with Crippen molar-refractivity contribution in [1.29, 1.82) is 0 Å². The molecule has 0 aliphatic rings. The van der Waals surface area contributed by atoms with E-state index in [1.807, 2.05) is 0 Å². The molecule has 7 heteroatoms. The van der Waals surface area contributed by atoms with Gasteiger partial charge >= 0.3 is 5.97 Å². The number of ether oxygens (including phenoxy) is 1. The Morgan fingerprint density at radius 2 is 1.96 bits per heavy atom. The van der Waals surface area contributed by atoms with Crippen molar-refractivity contribution in [1.82, 2.24) is 0 Å². The van der Waals surface area contributed by atoms with Crippen LogP contribution in [0.1, 0.15) is 22.8 Å². The van der Waals surface area contributed by atoms with Gasteiger partial charge in [-0.3, -0.25) is 4.79 Å². The Hall–Kier alpha value is -2.60. The summed E-state index contributed by atoms with van der Waals surface area (Å²) in [7, 11) is 0.